The zero-order chi connectivity index (χ0) is 18.2. The number of fused-ring (bicyclic) bond motifs is 5. The van der Waals surface area contributed by atoms with E-state index in [9.17, 15) is 20.4 Å². The maximum absolute atomic E-state index is 11.0. The van der Waals surface area contributed by atoms with Gasteiger partial charge in [-0.05, 0) is 61.7 Å². The van der Waals surface area contributed by atoms with Crippen LogP contribution in [0.2, 0.25) is 0 Å². The Kier molecular flexibility index (Phi) is 3.74. The van der Waals surface area contributed by atoms with Crippen LogP contribution in [0.15, 0.2) is 11.6 Å². The van der Waals surface area contributed by atoms with Gasteiger partial charge < -0.3 is 20.4 Å². The molecule has 4 aliphatic rings. The summed E-state index contributed by atoms with van der Waals surface area (Å²) in [6.07, 6.45) is 9.73. The third kappa shape index (κ3) is 2.10. The summed E-state index contributed by atoms with van der Waals surface area (Å²) in [5.41, 5.74) is -0.554. The Morgan fingerprint density at radius 1 is 1.08 bits per heavy atom. The van der Waals surface area contributed by atoms with Crippen LogP contribution >= 0.6 is 0 Å². The van der Waals surface area contributed by atoms with Crippen molar-refractivity contribution in [1.82, 2.24) is 0 Å². The average molecular weight is 346 g/mol. The Morgan fingerprint density at radius 2 is 1.76 bits per heavy atom. The fourth-order valence-electron chi connectivity index (χ4n) is 6.93. The number of aliphatic hydroxyl groups is 4. The van der Waals surface area contributed by atoms with Crippen LogP contribution in [0.5, 0.6) is 0 Å². The van der Waals surface area contributed by atoms with Crippen LogP contribution in [0.25, 0.3) is 0 Å². The Bertz CT molecular complexity index is 651. The fraction of sp³-hybridized carbons (Fsp3) is 0.810. The molecule has 0 radical (unpaired) electrons. The topological polar surface area (TPSA) is 80.9 Å². The highest BCUT2D eigenvalue weighted by molar-refractivity contribution is 5.31. The standard InChI is InChI=1S/C21H30O4/c1-4-21(25)8-6-14-18-13(5-7-20(14,21)3)19(2)11-17(24)15(22)9-12(19)10-16(18)23/h1,10,13-18,22-25H,5-9,11H2,2-3H3/t13-,14-,15-,16-,17+,18+,19-,20-,21-/m0/s1. The fourth-order valence-corrected chi connectivity index (χ4v) is 6.93. The number of hydrogen-bond donors (Lipinski definition) is 4. The van der Waals surface area contributed by atoms with Gasteiger partial charge in [0.15, 0.2) is 0 Å². The highest BCUT2D eigenvalue weighted by atomic mass is 16.3. The summed E-state index contributed by atoms with van der Waals surface area (Å²) in [6.45, 7) is 4.27. The summed E-state index contributed by atoms with van der Waals surface area (Å²) >= 11 is 0. The SMILES string of the molecule is C#C[C@]1(O)CC[C@H]2[C@@H]3[C@@H](O)C=C4C[C@H](O)[C@H](O)C[C@]4(C)[C@H]3CC[C@@]21C. The van der Waals surface area contributed by atoms with Crippen LogP contribution in [-0.2, 0) is 0 Å². The van der Waals surface area contributed by atoms with E-state index in [1.807, 2.05) is 6.08 Å². The molecule has 4 aliphatic carbocycles. The molecule has 0 bridgehead atoms. The lowest BCUT2D eigenvalue weighted by atomic mass is 9.46. The summed E-state index contributed by atoms with van der Waals surface area (Å²) in [4.78, 5) is 0. The van der Waals surface area contributed by atoms with E-state index >= 15 is 0 Å². The second-order valence-electron chi connectivity index (χ2n) is 9.43. The van der Waals surface area contributed by atoms with Crippen LogP contribution < -0.4 is 0 Å². The molecular weight excluding hydrogens is 316 g/mol. The lowest BCUT2D eigenvalue weighted by Gasteiger charge is -2.59. The molecule has 3 saturated carbocycles. The Balaban J connectivity index is 1.75. The van der Waals surface area contributed by atoms with Gasteiger partial charge in [-0.15, -0.1) is 6.42 Å². The third-order valence-corrected chi connectivity index (χ3v) is 8.55. The second-order valence-corrected chi connectivity index (χ2v) is 9.43. The van der Waals surface area contributed by atoms with Crippen LogP contribution in [0.1, 0.15) is 52.4 Å². The van der Waals surface area contributed by atoms with Gasteiger partial charge >= 0.3 is 0 Å². The van der Waals surface area contributed by atoms with E-state index in [-0.39, 0.29) is 28.6 Å². The third-order valence-electron chi connectivity index (χ3n) is 8.55. The van der Waals surface area contributed by atoms with E-state index in [0.717, 1.165) is 24.8 Å². The summed E-state index contributed by atoms with van der Waals surface area (Å²) in [5.74, 6) is 3.14. The number of hydrogen-bond acceptors (Lipinski definition) is 4. The van der Waals surface area contributed by atoms with Gasteiger partial charge in [-0.3, -0.25) is 0 Å². The zero-order valence-corrected chi connectivity index (χ0v) is 15.2. The zero-order valence-electron chi connectivity index (χ0n) is 15.2. The molecule has 0 aromatic carbocycles. The largest absolute Gasteiger partial charge is 0.390 e. The van der Waals surface area contributed by atoms with Crippen molar-refractivity contribution in [2.75, 3.05) is 0 Å². The number of terminal acetylenes is 1. The molecule has 4 N–H and O–H groups in total. The lowest BCUT2D eigenvalue weighted by Crippen LogP contribution is -2.58. The first-order valence-corrected chi connectivity index (χ1v) is 9.62. The molecule has 4 nitrogen and oxygen atoms in total. The molecular formula is C21H30O4. The van der Waals surface area contributed by atoms with E-state index in [1.54, 1.807) is 0 Å². The van der Waals surface area contributed by atoms with Crippen LogP contribution in [0, 0.1) is 40.9 Å². The molecule has 138 valence electrons. The van der Waals surface area contributed by atoms with Crippen LogP contribution in [0.4, 0.5) is 0 Å². The molecule has 0 spiro atoms. The smallest absolute Gasteiger partial charge is 0.130 e. The molecule has 3 fully saturated rings. The van der Waals surface area contributed by atoms with Gasteiger partial charge in [0.2, 0.25) is 0 Å². The lowest BCUT2D eigenvalue weighted by molar-refractivity contribution is -0.134. The predicted molar refractivity (Wildman–Crippen MR) is 94.3 cm³/mol. The Hall–Kier alpha value is -0.860. The highest BCUT2D eigenvalue weighted by Gasteiger charge is 2.65. The van der Waals surface area contributed by atoms with Crippen LogP contribution in [-0.4, -0.2) is 44.3 Å². The molecule has 4 heteroatoms. The van der Waals surface area contributed by atoms with Gasteiger partial charge in [0.1, 0.15) is 5.60 Å². The number of aliphatic hydroxyl groups excluding tert-OH is 3. The normalized spacial score (nSPS) is 57.7. The maximum Gasteiger partial charge on any atom is 0.130 e. The van der Waals surface area contributed by atoms with Crippen molar-refractivity contribution in [3.8, 4) is 12.3 Å². The van der Waals surface area contributed by atoms with Crippen molar-refractivity contribution in [2.24, 2.45) is 28.6 Å². The molecule has 0 saturated heterocycles. The van der Waals surface area contributed by atoms with Crippen molar-refractivity contribution < 1.29 is 20.4 Å². The molecule has 25 heavy (non-hydrogen) atoms. The molecule has 0 aromatic heterocycles. The predicted octanol–water partition coefficient (Wildman–Crippen LogP) is 1.62. The van der Waals surface area contributed by atoms with Crippen molar-refractivity contribution in [3.05, 3.63) is 11.6 Å². The molecule has 0 amide bonds. The molecule has 9 atom stereocenters. The van der Waals surface area contributed by atoms with E-state index in [2.05, 4.69) is 19.8 Å². The quantitative estimate of drug-likeness (QED) is 0.397. The van der Waals surface area contributed by atoms with E-state index in [0.29, 0.717) is 19.3 Å². The molecule has 0 unspecified atom stereocenters. The minimum absolute atomic E-state index is 0.0531. The Morgan fingerprint density at radius 3 is 2.44 bits per heavy atom. The van der Waals surface area contributed by atoms with Crippen molar-refractivity contribution in [2.45, 2.75) is 76.3 Å². The average Bonchev–Trinajstić information content (AvgIpc) is 2.83. The molecule has 0 aromatic rings. The van der Waals surface area contributed by atoms with Crippen molar-refractivity contribution >= 4 is 0 Å². The van der Waals surface area contributed by atoms with Gasteiger partial charge in [-0.1, -0.05) is 31.4 Å². The van der Waals surface area contributed by atoms with Crippen molar-refractivity contribution in [1.29, 1.82) is 0 Å². The first kappa shape index (κ1) is 17.5. The first-order chi connectivity index (χ1) is 11.7. The van der Waals surface area contributed by atoms with Gasteiger partial charge in [-0.2, -0.15) is 0 Å². The minimum Gasteiger partial charge on any atom is -0.390 e. The van der Waals surface area contributed by atoms with E-state index < -0.39 is 23.9 Å². The maximum atomic E-state index is 11.0. The highest BCUT2D eigenvalue weighted by Crippen LogP contribution is 2.66. The first-order valence-electron chi connectivity index (χ1n) is 9.62. The van der Waals surface area contributed by atoms with Gasteiger partial charge in [-0.25, -0.2) is 0 Å². The van der Waals surface area contributed by atoms with Gasteiger partial charge in [0.05, 0.1) is 18.3 Å². The van der Waals surface area contributed by atoms with E-state index in [4.69, 9.17) is 6.42 Å². The summed E-state index contributed by atoms with van der Waals surface area (Å²) < 4.78 is 0. The summed E-state index contributed by atoms with van der Waals surface area (Å²) in [7, 11) is 0. The minimum atomic E-state index is -1.09. The molecule has 4 rings (SSSR count). The summed E-state index contributed by atoms with van der Waals surface area (Å²) in [6, 6.07) is 0. The van der Waals surface area contributed by atoms with Gasteiger partial charge in [0, 0.05) is 5.41 Å². The van der Waals surface area contributed by atoms with Crippen molar-refractivity contribution in [3.63, 3.8) is 0 Å². The molecule has 0 aliphatic heterocycles. The second kappa shape index (κ2) is 5.33. The number of rotatable bonds is 0. The van der Waals surface area contributed by atoms with Gasteiger partial charge in [0.25, 0.3) is 0 Å². The summed E-state index contributed by atoms with van der Waals surface area (Å²) in [5, 5.41) is 42.3. The van der Waals surface area contributed by atoms with Crippen LogP contribution in [0.3, 0.4) is 0 Å². The molecule has 0 heterocycles. The van der Waals surface area contributed by atoms with E-state index in [1.165, 1.54) is 0 Å². The Labute approximate surface area is 150 Å². The monoisotopic (exact) mass is 346 g/mol.